The van der Waals surface area contributed by atoms with E-state index in [1.807, 2.05) is 30.3 Å². The van der Waals surface area contributed by atoms with Gasteiger partial charge < -0.3 is 9.53 Å². The minimum Gasteiger partial charge on any atom is -0.457 e. The van der Waals surface area contributed by atoms with Crippen molar-refractivity contribution in [2.45, 2.75) is 19.3 Å². The van der Waals surface area contributed by atoms with E-state index >= 15 is 0 Å². The molecule has 0 amide bonds. The van der Waals surface area contributed by atoms with Gasteiger partial charge in [0.2, 0.25) is 0 Å². The van der Waals surface area contributed by atoms with Crippen molar-refractivity contribution in [3.8, 4) is 11.5 Å². The molecular formula is C17H16O3. The van der Waals surface area contributed by atoms with Crippen molar-refractivity contribution in [2.24, 2.45) is 0 Å². The van der Waals surface area contributed by atoms with Crippen molar-refractivity contribution >= 4 is 12.1 Å². The Balaban J connectivity index is 1.96. The molecule has 0 fully saturated rings. The van der Waals surface area contributed by atoms with Crippen LogP contribution < -0.4 is 4.74 Å². The fourth-order valence-electron chi connectivity index (χ4n) is 1.82. The Hall–Kier alpha value is -2.42. The van der Waals surface area contributed by atoms with Gasteiger partial charge in [-0.3, -0.25) is 4.79 Å². The van der Waals surface area contributed by atoms with Gasteiger partial charge in [0.25, 0.3) is 0 Å². The minimum absolute atomic E-state index is 0.0538. The highest BCUT2D eigenvalue weighted by molar-refractivity contribution is 5.96. The second kappa shape index (κ2) is 7.24. The largest absolute Gasteiger partial charge is 0.457 e. The summed E-state index contributed by atoms with van der Waals surface area (Å²) >= 11 is 0. The maximum Gasteiger partial charge on any atom is 0.162 e. The number of Topliss-reactive ketones (excluding diaryl/α,β-unsaturated/α-hetero) is 1. The maximum atomic E-state index is 11.8. The van der Waals surface area contributed by atoms with Gasteiger partial charge in [-0.2, -0.15) is 0 Å². The summed E-state index contributed by atoms with van der Waals surface area (Å²) in [7, 11) is 0. The Morgan fingerprint density at radius 1 is 0.950 bits per heavy atom. The average Bonchev–Trinajstić information content (AvgIpc) is 2.49. The van der Waals surface area contributed by atoms with E-state index in [2.05, 4.69) is 0 Å². The molecule has 0 aliphatic rings. The highest BCUT2D eigenvalue weighted by atomic mass is 16.5. The van der Waals surface area contributed by atoms with Crippen molar-refractivity contribution in [1.82, 2.24) is 0 Å². The Bertz CT molecular complexity index is 559. The van der Waals surface area contributed by atoms with Crippen molar-refractivity contribution in [1.29, 1.82) is 0 Å². The van der Waals surface area contributed by atoms with Crippen LogP contribution in [0.1, 0.15) is 29.6 Å². The van der Waals surface area contributed by atoms with Crippen molar-refractivity contribution in [3.63, 3.8) is 0 Å². The number of carbonyl (C=O) groups is 2. The molecule has 2 rings (SSSR count). The molecule has 0 N–H and O–H groups in total. The van der Waals surface area contributed by atoms with Crippen LogP contribution in [-0.4, -0.2) is 12.1 Å². The number of ketones is 1. The third kappa shape index (κ3) is 4.05. The van der Waals surface area contributed by atoms with Crippen LogP contribution in [0, 0.1) is 0 Å². The van der Waals surface area contributed by atoms with E-state index < -0.39 is 0 Å². The van der Waals surface area contributed by atoms with Gasteiger partial charge in [-0.25, -0.2) is 0 Å². The molecule has 0 saturated heterocycles. The molecule has 2 aromatic rings. The fourth-order valence-corrected chi connectivity index (χ4v) is 1.82. The van der Waals surface area contributed by atoms with E-state index in [1.54, 1.807) is 24.3 Å². The number of hydrogen-bond donors (Lipinski definition) is 0. The van der Waals surface area contributed by atoms with Crippen molar-refractivity contribution < 1.29 is 14.3 Å². The number of aldehydes is 1. The number of hydrogen-bond acceptors (Lipinski definition) is 3. The minimum atomic E-state index is 0.0538. The van der Waals surface area contributed by atoms with E-state index in [0.29, 0.717) is 30.6 Å². The summed E-state index contributed by atoms with van der Waals surface area (Å²) < 4.78 is 5.65. The zero-order valence-corrected chi connectivity index (χ0v) is 11.1. The van der Waals surface area contributed by atoms with Crippen LogP contribution in [0.15, 0.2) is 54.6 Å². The lowest BCUT2D eigenvalue weighted by atomic mass is 10.1. The highest BCUT2D eigenvalue weighted by Gasteiger charge is 2.05. The molecule has 20 heavy (non-hydrogen) atoms. The normalized spacial score (nSPS) is 10.0. The van der Waals surface area contributed by atoms with E-state index in [-0.39, 0.29) is 5.78 Å². The third-order valence-electron chi connectivity index (χ3n) is 2.88. The fraction of sp³-hybridized carbons (Fsp3) is 0.176. The molecule has 0 saturated carbocycles. The lowest BCUT2D eigenvalue weighted by Crippen LogP contribution is -1.98. The van der Waals surface area contributed by atoms with E-state index in [9.17, 15) is 9.59 Å². The molecule has 0 aromatic heterocycles. The Labute approximate surface area is 118 Å². The van der Waals surface area contributed by atoms with Crippen LogP contribution in [0.4, 0.5) is 0 Å². The molecule has 0 bridgehead atoms. The topological polar surface area (TPSA) is 43.4 Å². The summed E-state index contributed by atoms with van der Waals surface area (Å²) in [5, 5.41) is 0. The molecule has 3 nitrogen and oxygen atoms in total. The number of para-hydroxylation sites is 1. The first kappa shape index (κ1) is 14.0. The summed E-state index contributed by atoms with van der Waals surface area (Å²) in [6.45, 7) is 0. The third-order valence-corrected chi connectivity index (χ3v) is 2.88. The van der Waals surface area contributed by atoms with Gasteiger partial charge in [0, 0.05) is 18.4 Å². The summed E-state index contributed by atoms with van der Waals surface area (Å²) in [6, 6.07) is 16.5. The molecule has 0 radical (unpaired) electrons. The zero-order chi connectivity index (χ0) is 14.2. The maximum absolute atomic E-state index is 11.8. The van der Waals surface area contributed by atoms with Gasteiger partial charge in [0.05, 0.1) is 0 Å². The number of carbonyl (C=O) groups excluding carboxylic acids is 2. The Morgan fingerprint density at radius 3 is 2.25 bits per heavy atom. The van der Waals surface area contributed by atoms with Gasteiger partial charge in [0.15, 0.2) is 5.78 Å². The number of unbranched alkanes of at least 4 members (excludes halogenated alkanes) is 1. The van der Waals surface area contributed by atoms with Crippen LogP contribution in [0.3, 0.4) is 0 Å². The Kier molecular flexibility index (Phi) is 5.07. The molecular weight excluding hydrogens is 252 g/mol. The van der Waals surface area contributed by atoms with Gasteiger partial charge in [-0.05, 0) is 42.8 Å². The van der Waals surface area contributed by atoms with Crippen molar-refractivity contribution in [3.05, 3.63) is 60.2 Å². The SMILES string of the molecule is O=CCCCC(=O)c1ccc(Oc2ccccc2)cc1. The summed E-state index contributed by atoms with van der Waals surface area (Å²) in [4.78, 5) is 22.0. The number of ether oxygens (including phenoxy) is 1. The predicted octanol–water partition coefficient (Wildman–Crippen LogP) is 4.03. The van der Waals surface area contributed by atoms with Crippen LogP contribution in [0.2, 0.25) is 0 Å². The Morgan fingerprint density at radius 2 is 1.60 bits per heavy atom. The van der Waals surface area contributed by atoms with Crippen LogP contribution in [-0.2, 0) is 4.79 Å². The highest BCUT2D eigenvalue weighted by Crippen LogP contribution is 2.21. The van der Waals surface area contributed by atoms with Gasteiger partial charge >= 0.3 is 0 Å². The number of rotatable bonds is 7. The molecule has 2 aromatic carbocycles. The monoisotopic (exact) mass is 268 g/mol. The molecule has 0 aliphatic heterocycles. The lowest BCUT2D eigenvalue weighted by Gasteiger charge is -2.06. The molecule has 102 valence electrons. The molecule has 0 atom stereocenters. The molecule has 0 unspecified atom stereocenters. The standard InChI is InChI=1S/C17H16O3/c18-13-5-4-8-17(19)14-9-11-16(12-10-14)20-15-6-2-1-3-7-15/h1-3,6-7,9-13H,4-5,8H2. The first-order chi connectivity index (χ1) is 9.79. The van der Waals surface area contributed by atoms with Crippen LogP contribution in [0.5, 0.6) is 11.5 Å². The molecule has 0 spiro atoms. The molecule has 0 aliphatic carbocycles. The summed E-state index contributed by atoms with van der Waals surface area (Å²) in [6.07, 6.45) is 2.27. The van der Waals surface area contributed by atoms with Gasteiger partial charge in [-0.1, -0.05) is 18.2 Å². The first-order valence-electron chi connectivity index (χ1n) is 6.59. The van der Waals surface area contributed by atoms with E-state index in [1.165, 1.54) is 0 Å². The summed E-state index contributed by atoms with van der Waals surface area (Å²) in [5.41, 5.74) is 0.649. The smallest absolute Gasteiger partial charge is 0.162 e. The zero-order valence-electron chi connectivity index (χ0n) is 11.1. The van der Waals surface area contributed by atoms with Crippen LogP contribution >= 0.6 is 0 Å². The predicted molar refractivity (Wildman–Crippen MR) is 77.2 cm³/mol. The quantitative estimate of drug-likeness (QED) is 0.432. The van der Waals surface area contributed by atoms with E-state index in [0.717, 1.165) is 12.0 Å². The van der Waals surface area contributed by atoms with Crippen LogP contribution in [0.25, 0.3) is 0 Å². The summed E-state index contributed by atoms with van der Waals surface area (Å²) in [5.74, 6) is 1.51. The second-order valence-corrected chi connectivity index (χ2v) is 4.42. The van der Waals surface area contributed by atoms with E-state index in [4.69, 9.17) is 4.74 Å². The lowest BCUT2D eigenvalue weighted by molar-refractivity contribution is -0.107. The molecule has 0 heterocycles. The molecule has 3 heteroatoms. The van der Waals surface area contributed by atoms with Gasteiger partial charge in [0.1, 0.15) is 17.8 Å². The first-order valence-corrected chi connectivity index (χ1v) is 6.59. The second-order valence-electron chi connectivity index (χ2n) is 4.42. The average molecular weight is 268 g/mol. The van der Waals surface area contributed by atoms with Gasteiger partial charge in [-0.15, -0.1) is 0 Å². The number of benzene rings is 2. The van der Waals surface area contributed by atoms with Crippen molar-refractivity contribution in [2.75, 3.05) is 0 Å².